The largest absolute Gasteiger partial charge is 0.361 e. The maximum absolute atomic E-state index is 7.43. The smallest absolute Gasteiger partial charge is 0.152 e. The molecule has 1 aliphatic carbocycles. The molecule has 6 aromatic rings. The quantitative estimate of drug-likeness (QED) is 0.120. The van der Waals surface area contributed by atoms with Crippen LogP contribution in [0.5, 0.6) is 0 Å². The first-order chi connectivity index (χ1) is 22.8. The first kappa shape index (κ1) is 28.3. The molecule has 46 heavy (non-hydrogen) atoms. The van der Waals surface area contributed by atoms with Gasteiger partial charge in [0.2, 0.25) is 0 Å². The zero-order valence-electron chi connectivity index (χ0n) is 25.4. The van der Waals surface area contributed by atoms with Crippen molar-refractivity contribution in [1.29, 1.82) is 0 Å². The van der Waals surface area contributed by atoms with Crippen molar-refractivity contribution in [1.82, 2.24) is 0 Å². The third-order valence-electron chi connectivity index (χ3n) is 9.88. The summed E-state index contributed by atoms with van der Waals surface area (Å²) in [7, 11) is -1.32. The van der Waals surface area contributed by atoms with E-state index < -0.39 is 27.0 Å². The second-order valence-electron chi connectivity index (χ2n) is 12.4. The van der Waals surface area contributed by atoms with Crippen LogP contribution < -0.4 is 21.2 Å². The molecule has 0 saturated carbocycles. The molecule has 2 nitrogen and oxygen atoms in total. The molecule has 0 aromatic heterocycles. The van der Waals surface area contributed by atoms with Gasteiger partial charge in [0.05, 0.1) is 0 Å². The summed E-state index contributed by atoms with van der Waals surface area (Å²) in [4.78, 5) is 0. The zero-order chi connectivity index (χ0) is 30.6. The second-order valence-corrected chi connectivity index (χ2v) is 16.8. The topological polar surface area (TPSA) is 25.1 Å². The monoisotopic (exact) mass is 632 g/mol. The minimum atomic E-state index is -0.692. The number of epoxide rings is 2. The van der Waals surface area contributed by atoms with Gasteiger partial charge in [-0.2, -0.15) is 0 Å². The van der Waals surface area contributed by atoms with E-state index in [0.29, 0.717) is 0 Å². The van der Waals surface area contributed by atoms with Crippen molar-refractivity contribution in [3.05, 3.63) is 192 Å². The highest BCUT2D eigenvalue weighted by molar-refractivity contribution is 7.73. The van der Waals surface area contributed by atoms with Crippen molar-refractivity contribution in [2.24, 2.45) is 0 Å². The molecule has 0 amide bonds. The molecule has 4 atom stereocenters. The molecule has 2 fully saturated rings. The van der Waals surface area contributed by atoms with E-state index in [1.54, 1.807) is 0 Å². The maximum Gasteiger partial charge on any atom is 0.152 e. The summed E-state index contributed by atoms with van der Waals surface area (Å²) in [6.07, 6.45) is 1.99. The van der Waals surface area contributed by atoms with Gasteiger partial charge >= 0.3 is 0 Å². The third-order valence-corrected chi connectivity index (χ3v) is 15.0. The van der Waals surface area contributed by atoms with E-state index in [1.165, 1.54) is 43.5 Å². The number of hydrogen-bond acceptors (Lipinski definition) is 2. The van der Waals surface area contributed by atoms with Crippen molar-refractivity contribution >= 4 is 37.1 Å². The van der Waals surface area contributed by atoms with Crippen LogP contribution in [0, 0.1) is 0 Å². The lowest BCUT2D eigenvalue weighted by Crippen LogP contribution is -2.39. The summed E-state index contributed by atoms with van der Waals surface area (Å²) >= 11 is 0. The third kappa shape index (κ3) is 4.55. The van der Waals surface area contributed by atoms with Gasteiger partial charge in [-0.25, -0.2) is 0 Å². The highest BCUT2D eigenvalue weighted by Gasteiger charge is 2.84. The van der Waals surface area contributed by atoms with Crippen molar-refractivity contribution in [3.8, 4) is 0 Å². The van der Waals surface area contributed by atoms with Gasteiger partial charge < -0.3 is 9.47 Å². The number of fused-ring (bicyclic) bond motifs is 6. The molecule has 0 spiro atoms. The van der Waals surface area contributed by atoms with Crippen LogP contribution in [0.3, 0.4) is 0 Å². The van der Waals surface area contributed by atoms with Gasteiger partial charge in [0, 0.05) is 12.3 Å². The normalized spacial score (nSPS) is 23.8. The molecule has 2 saturated heterocycles. The minimum Gasteiger partial charge on any atom is -0.361 e. The Balaban J connectivity index is 1.19. The molecule has 2 aliphatic heterocycles. The van der Waals surface area contributed by atoms with Gasteiger partial charge in [-0.3, -0.25) is 0 Å². The second kappa shape index (κ2) is 11.4. The van der Waals surface area contributed by atoms with Crippen LogP contribution in [0.25, 0.3) is 0 Å². The molecule has 0 N–H and O–H groups in total. The predicted molar refractivity (Wildman–Crippen MR) is 192 cm³/mol. The predicted octanol–water partition coefficient (Wildman–Crippen LogP) is 7.92. The summed E-state index contributed by atoms with van der Waals surface area (Å²) in [5.41, 5.74) is 4.22. The average molecular weight is 633 g/mol. The lowest BCUT2D eigenvalue weighted by atomic mass is 9.71. The highest BCUT2D eigenvalue weighted by Crippen LogP contribution is 2.75. The maximum atomic E-state index is 7.43. The fraction of sp³-hybridized carbons (Fsp3) is 0.143. The molecule has 4 unspecified atom stereocenters. The van der Waals surface area contributed by atoms with Crippen LogP contribution in [0.1, 0.15) is 28.4 Å². The van der Waals surface area contributed by atoms with Crippen molar-refractivity contribution in [2.75, 3.05) is 6.16 Å². The SMILES string of the molecule is c1ccc(P(Cc2ccccc2C23OC2(CP(c2ccccc2)c2ccccc2)C2OC2c2ccccc23)c2ccccc2)cc1. The molecular weight excluding hydrogens is 598 g/mol. The summed E-state index contributed by atoms with van der Waals surface area (Å²) < 4.78 is 14.1. The van der Waals surface area contributed by atoms with Gasteiger partial charge in [-0.1, -0.05) is 170 Å². The minimum absolute atomic E-state index is 0.0395. The van der Waals surface area contributed by atoms with Gasteiger partial charge in [-0.05, 0) is 59.3 Å². The molecule has 6 aromatic carbocycles. The number of ether oxygens (including phenoxy) is 2. The Hall–Kier alpha value is -3.90. The van der Waals surface area contributed by atoms with Gasteiger partial charge in [-0.15, -0.1) is 0 Å². The van der Waals surface area contributed by atoms with Gasteiger partial charge in [0.15, 0.2) is 5.60 Å². The Kier molecular flexibility index (Phi) is 7.03. The lowest BCUT2D eigenvalue weighted by Gasteiger charge is -2.31. The van der Waals surface area contributed by atoms with E-state index in [9.17, 15) is 0 Å². The number of rotatable bonds is 9. The van der Waals surface area contributed by atoms with Crippen LogP contribution in [-0.2, 0) is 21.2 Å². The van der Waals surface area contributed by atoms with Gasteiger partial charge in [0.1, 0.15) is 17.8 Å². The van der Waals surface area contributed by atoms with Crippen molar-refractivity contribution in [3.63, 3.8) is 0 Å². The van der Waals surface area contributed by atoms with Crippen molar-refractivity contribution in [2.45, 2.75) is 29.6 Å². The Morgan fingerprint density at radius 2 is 0.935 bits per heavy atom. The Labute approximate surface area is 273 Å². The van der Waals surface area contributed by atoms with Crippen LogP contribution in [-0.4, -0.2) is 17.9 Å². The van der Waals surface area contributed by atoms with Crippen LogP contribution >= 0.6 is 15.8 Å². The molecule has 4 heteroatoms. The summed E-state index contributed by atoms with van der Waals surface area (Å²) in [6.45, 7) is 0. The first-order valence-electron chi connectivity index (χ1n) is 16.1. The molecule has 2 heterocycles. The molecule has 0 bridgehead atoms. The van der Waals surface area contributed by atoms with E-state index in [2.05, 4.69) is 170 Å². The molecule has 3 aliphatic rings. The fourth-order valence-electron chi connectivity index (χ4n) is 7.72. The molecule has 9 rings (SSSR count). The van der Waals surface area contributed by atoms with E-state index in [1.807, 2.05) is 0 Å². The van der Waals surface area contributed by atoms with Crippen molar-refractivity contribution < 1.29 is 9.47 Å². The highest BCUT2D eigenvalue weighted by atomic mass is 31.1. The standard InChI is InChI=1S/C42H34O2P2/c1-5-18-32(19-6-1)45(33-20-7-2-8-21-33)29-31-17-13-15-27-37(31)42-38-28-16-14-26-36(38)39-40(43-39)41(42,44-42)30-46(34-22-9-3-10-23-34)35-24-11-4-12-25-35/h1-28,39-40H,29-30H2. The van der Waals surface area contributed by atoms with Gasteiger partial charge in [0.25, 0.3) is 0 Å². The van der Waals surface area contributed by atoms with E-state index in [-0.39, 0.29) is 12.2 Å². The van der Waals surface area contributed by atoms with Crippen LogP contribution in [0.15, 0.2) is 170 Å². The molecular formula is C42H34O2P2. The van der Waals surface area contributed by atoms with E-state index in [0.717, 1.165) is 12.3 Å². The molecule has 0 radical (unpaired) electrons. The summed E-state index contributed by atoms with van der Waals surface area (Å²) in [6, 6.07) is 62.2. The van der Waals surface area contributed by atoms with E-state index in [4.69, 9.17) is 9.47 Å². The number of benzene rings is 6. The van der Waals surface area contributed by atoms with E-state index >= 15 is 0 Å². The first-order valence-corrected chi connectivity index (χ1v) is 19.1. The lowest BCUT2D eigenvalue weighted by molar-refractivity contribution is 0.240. The Bertz CT molecular complexity index is 1910. The average Bonchev–Trinajstić information content (AvgIpc) is 4.06. The Morgan fingerprint density at radius 3 is 1.50 bits per heavy atom. The van der Waals surface area contributed by atoms with Crippen LogP contribution in [0.4, 0.5) is 0 Å². The fourth-order valence-corrected chi connectivity index (χ4v) is 12.7. The number of hydrogen-bond donors (Lipinski definition) is 0. The Morgan fingerprint density at radius 1 is 0.478 bits per heavy atom. The summed E-state index contributed by atoms with van der Waals surface area (Å²) in [5.74, 6) is 0. The molecule has 224 valence electrons. The van der Waals surface area contributed by atoms with Crippen LogP contribution in [0.2, 0.25) is 0 Å². The zero-order valence-corrected chi connectivity index (χ0v) is 27.2. The summed E-state index contributed by atoms with van der Waals surface area (Å²) in [5, 5.41) is 5.54.